The van der Waals surface area contributed by atoms with Crippen LogP contribution in [0.5, 0.6) is 0 Å². The first-order chi connectivity index (χ1) is 10.1. The molecule has 1 atom stereocenters. The van der Waals surface area contributed by atoms with Crippen molar-refractivity contribution in [3.05, 3.63) is 52.5 Å². The third-order valence-corrected chi connectivity index (χ3v) is 4.29. The molecule has 1 aromatic heterocycles. The molecule has 21 heavy (non-hydrogen) atoms. The van der Waals surface area contributed by atoms with Crippen LogP contribution in [0.25, 0.3) is 0 Å². The number of para-hydroxylation sites is 1. The van der Waals surface area contributed by atoms with Gasteiger partial charge in [-0.1, -0.05) is 18.2 Å². The average molecular weight is 323 g/mol. The van der Waals surface area contributed by atoms with E-state index in [0.29, 0.717) is 17.3 Å². The molecular weight excluding hydrogens is 305 g/mol. The SMILES string of the molecule is CN(C)[C@H](CNC(=S)Nc1ccccc1F)c1cccs1. The zero-order valence-electron chi connectivity index (χ0n) is 12.0. The van der Waals surface area contributed by atoms with Crippen molar-refractivity contribution < 1.29 is 4.39 Å². The van der Waals surface area contributed by atoms with Crippen LogP contribution < -0.4 is 10.6 Å². The second-order valence-corrected chi connectivity index (χ2v) is 6.20. The zero-order valence-corrected chi connectivity index (χ0v) is 13.6. The fourth-order valence-electron chi connectivity index (χ4n) is 1.94. The number of thiocarbonyl (C=S) groups is 1. The molecule has 0 fully saturated rings. The van der Waals surface area contributed by atoms with Crippen molar-refractivity contribution >= 4 is 34.4 Å². The summed E-state index contributed by atoms with van der Waals surface area (Å²) in [4.78, 5) is 3.39. The second-order valence-electron chi connectivity index (χ2n) is 4.81. The number of thiophene rings is 1. The van der Waals surface area contributed by atoms with Gasteiger partial charge in [-0.2, -0.15) is 0 Å². The van der Waals surface area contributed by atoms with Gasteiger partial charge in [0.1, 0.15) is 5.82 Å². The zero-order chi connectivity index (χ0) is 15.2. The smallest absolute Gasteiger partial charge is 0.170 e. The Hall–Kier alpha value is -1.50. The van der Waals surface area contributed by atoms with E-state index in [-0.39, 0.29) is 11.9 Å². The van der Waals surface area contributed by atoms with Crippen LogP contribution in [-0.2, 0) is 0 Å². The van der Waals surface area contributed by atoms with Gasteiger partial charge in [-0.25, -0.2) is 4.39 Å². The number of nitrogens with zero attached hydrogens (tertiary/aromatic N) is 1. The fourth-order valence-corrected chi connectivity index (χ4v) is 3.05. The van der Waals surface area contributed by atoms with Crippen LogP contribution >= 0.6 is 23.6 Å². The molecule has 0 saturated carbocycles. The van der Waals surface area contributed by atoms with Crippen molar-refractivity contribution in [3.8, 4) is 0 Å². The number of likely N-dealkylation sites (N-methyl/N-ethyl adjacent to an activating group) is 1. The maximum absolute atomic E-state index is 13.5. The van der Waals surface area contributed by atoms with Gasteiger partial charge in [0.05, 0.1) is 11.7 Å². The minimum absolute atomic E-state index is 0.227. The molecule has 2 N–H and O–H groups in total. The Morgan fingerprint density at radius 3 is 2.67 bits per heavy atom. The van der Waals surface area contributed by atoms with Gasteiger partial charge in [-0.15, -0.1) is 11.3 Å². The number of anilines is 1. The minimum atomic E-state index is -0.316. The maximum Gasteiger partial charge on any atom is 0.170 e. The van der Waals surface area contributed by atoms with Crippen LogP contribution in [0, 0.1) is 5.82 Å². The Labute approximate surface area is 133 Å². The highest BCUT2D eigenvalue weighted by Gasteiger charge is 2.15. The van der Waals surface area contributed by atoms with Crippen molar-refractivity contribution in [2.75, 3.05) is 26.0 Å². The molecule has 0 aliphatic rings. The summed E-state index contributed by atoms with van der Waals surface area (Å²) in [6.45, 7) is 0.661. The quantitative estimate of drug-likeness (QED) is 0.824. The summed E-state index contributed by atoms with van der Waals surface area (Å²) in [7, 11) is 4.05. The highest BCUT2D eigenvalue weighted by atomic mass is 32.1. The largest absolute Gasteiger partial charge is 0.360 e. The molecule has 6 heteroatoms. The Morgan fingerprint density at radius 1 is 1.29 bits per heavy atom. The minimum Gasteiger partial charge on any atom is -0.360 e. The lowest BCUT2D eigenvalue weighted by atomic mass is 10.2. The Morgan fingerprint density at radius 2 is 2.05 bits per heavy atom. The number of hydrogen-bond acceptors (Lipinski definition) is 3. The molecule has 0 unspecified atom stereocenters. The van der Waals surface area contributed by atoms with Crippen LogP contribution in [0.15, 0.2) is 41.8 Å². The van der Waals surface area contributed by atoms with Gasteiger partial charge in [0.25, 0.3) is 0 Å². The molecule has 112 valence electrons. The van der Waals surface area contributed by atoms with Gasteiger partial charge >= 0.3 is 0 Å². The van der Waals surface area contributed by atoms with Crippen molar-refractivity contribution in [2.45, 2.75) is 6.04 Å². The Kier molecular flexibility index (Phi) is 5.67. The summed E-state index contributed by atoms with van der Waals surface area (Å²) in [6.07, 6.45) is 0. The first-order valence-corrected chi connectivity index (χ1v) is 7.86. The lowest BCUT2D eigenvalue weighted by Gasteiger charge is -2.24. The summed E-state index contributed by atoms with van der Waals surface area (Å²) in [5.74, 6) is -0.316. The molecule has 0 amide bonds. The molecule has 0 aliphatic heterocycles. The molecule has 1 aromatic carbocycles. The number of hydrogen-bond donors (Lipinski definition) is 2. The van der Waals surface area contributed by atoms with E-state index in [1.807, 2.05) is 20.2 Å². The van der Waals surface area contributed by atoms with E-state index in [0.717, 1.165) is 0 Å². The molecule has 0 bridgehead atoms. The Bertz CT molecular complexity index is 584. The van der Waals surface area contributed by atoms with Crippen LogP contribution in [-0.4, -0.2) is 30.7 Å². The number of benzene rings is 1. The number of halogens is 1. The summed E-state index contributed by atoms with van der Waals surface area (Å²) in [6, 6.07) is 10.8. The second kappa shape index (κ2) is 7.49. The van der Waals surface area contributed by atoms with Crippen molar-refractivity contribution in [1.29, 1.82) is 0 Å². The van der Waals surface area contributed by atoms with E-state index in [1.165, 1.54) is 10.9 Å². The van der Waals surface area contributed by atoms with E-state index in [4.69, 9.17) is 12.2 Å². The van der Waals surface area contributed by atoms with E-state index < -0.39 is 0 Å². The van der Waals surface area contributed by atoms with E-state index in [1.54, 1.807) is 29.5 Å². The van der Waals surface area contributed by atoms with E-state index >= 15 is 0 Å². The maximum atomic E-state index is 13.5. The highest BCUT2D eigenvalue weighted by Crippen LogP contribution is 2.22. The fraction of sp³-hybridized carbons (Fsp3) is 0.267. The van der Waals surface area contributed by atoms with E-state index in [9.17, 15) is 4.39 Å². The third kappa shape index (κ3) is 4.49. The summed E-state index contributed by atoms with van der Waals surface area (Å²) in [5.41, 5.74) is 0.382. The average Bonchev–Trinajstić information content (AvgIpc) is 2.95. The van der Waals surface area contributed by atoms with Gasteiger partial charge in [-0.3, -0.25) is 0 Å². The first kappa shape index (κ1) is 15.9. The molecular formula is C15H18FN3S2. The topological polar surface area (TPSA) is 27.3 Å². The van der Waals surface area contributed by atoms with E-state index in [2.05, 4.69) is 27.0 Å². The predicted molar refractivity (Wildman–Crippen MR) is 91.4 cm³/mol. The molecule has 2 aromatic rings. The van der Waals surface area contributed by atoms with Crippen LogP contribution in [0.4, 0.5) is 10.1 Å². The number of rotatable bonds is 5. The summed E-state index contributed by atoms with van der Waals surface area (Å²) < 4.78 is 13.5. The summed E-state index contributed by atoms with van der Waals surface area (Å²) >= 11 is 6.94. The van der Waals surface area contributed by atoms with Gasteiger partial charge in [0.2, 0.25) is 0 Å². The normalized spacial score (nSPS) is 12.2. The predicted octanol–water partition coefficient (Wildman–Crippen LogP) is 3.48. The van der Waals surface area contributed by atoms with Gasteiger partial charge in [0.15, 0.2) is 5.11 Å². The van der Waals surface area contributed by atoms with Crippen LogP contribution in [0.3, 0.4) is 0 Å². The standard InChI is InChI=1S/C15H18FN3S2/c1-19(2)13(14-8-5-9-21-14)10-17-15(20)18-12-7-4-3-6-11(12)16/h3-9,13H,10H2,1-2H3,(H2,17,18,20)/t13-/m1/s1. The van der Waals surface area contributed by atoms with Crippen molar-refractivity contribution in [2.24, 2.45) is 0 Å². The van der Waals surface area contributed by atoms with Gasteiger partial charge in [0, 0.05) is 11.4 Å². The molecule has 2 rings (SSSR count). The monoisotopic (exact) mass is 323 g/mol. The molecule has 0 saturated heterocycles. The van der Waals surface area contributed by atoms with Gasteiger partial charge in [-0.05, 0) is 49.9 Å². The molecule has 0 aliphatic carbocycles. The van der Waals surface area contributed by atoms with Crippen LogP contribution in [0.2, 0.25) is 0 Å². The Balaban J connectivity index is 1.92. The highest BCUT2D eigenvalue weighted by molar-refractivity contribution is 7.80. The summed E-state index contributed by atoms with van der Waals surface area (Å²) in [5, 5.41) is 8.50. The lowest BCUT2D eigenvalue weighted by molar-refractivity contribution is 0.303. The van der Waals surface area contributed by atoms with Crippen molar-refractivity contribution in [1.82, 2.24) is 10.2 Å². The molecule has 0 spiro atoms. The molecule has 3 nitrogen and oxygen atoms in total. The number of nitrogens with one attached hydrogen (secondary N) is 2. The first-order valence-electron chi connectivity index (χ1n) is 6.57. The lowest BCUT2D eigenvalue weighted by Crippen LogP contribution is -2.36. The molecule has 1 heterocycles. The van der Waals surface area contributed by atoms with Crippen molar-refractivity contribution in [3.63, 3.8) is 0 Å². The van der Waals surface area contributed by atoms with Gasteiger partial charge < -0.3 is 15.5 Å². The third-order valence-electron chi connectivity index (χ3n) is 3.07. The van der Waals surface area contributed by atoms with Crippen LogP contribution in [0.1, 0.15) is 10.9 Å². The molecule has 0 radical (unpaired) electrons.